The Morgan fingerprint density at radius 1 is 1.24 bits per heavy atom. The Balaban J connectivity index is 2.04. The van der Waals surface area contributed by atoms with Crippen LogP contribution < -0.4 is 5.32 Å². The van der Waals surface area contributed by atoms with Crippen molar-refractivity contribution >= 4 is 22.9 Å². The van der Waals surface area contributed by atoms with Crippen LogP contribution in [-0.2, 0) is 0 Å². The predicted octanol–water partition coefficient (Wildman–Crippen LogP) is 3.84. The quantitative estimate of drug-likeness (QED) is 0.922. The summed E-state index contributed by atoms with van der Waals surface area (Å²) in [5, 5.41) is 3.35. The van der Waals surface area contributed by atoms with E-state index in [0.717, 1.165) is 46.5 Å². The maximum atomic E-state index is 14.4. The number of thiophene rings is 1. The molecule has 2 aromatic rings. The highest BCUT2D eigenvalue weighted by molar-refractivity contribution is 7.16. The maximum Gasteiger partial charge on any atom is 0.128 e. The van der Waals surface area contributed by atoms with E-state index in [1.54, 1.807) is 6.07 Å². The van der Waals surface area contributed by atoms with Gasteiger partial charge in [0.2, 0.25) is 0 Å². The fraction of sp³-hybridized carbons (Fsp3) is 0.375. The minimum Gasteiger partial charge on any atom is -0.314 e. The number of nitrogens with zero attached hydrogens (tertiary/aromatic N) is 1. The van der Waals surface area contributed by atoms with Gasteiger partial charge in [-0.3, -0.25) is 4.90 Å². The minimum absolute atomic E-state index is 0.0514. The Bertz CT molecular complexity index is 622. The van der Waals surface area contributed by atoms with Gasteiger partial charge in [0.05, 0.1) is 10.4 Å². The smallest absolute Gasteiger partial charge is 0.128 e. The van der Waals surface area contributed by atoms with E-state index in [4.69, 9.17) is 11.6 Å². The second kappa shape index (κ2) is 6.44. The SMILES string of the molecule is Cc1ccc(F)c([C@H](c2ccc(Cl)s2)N2CCNCC2)c1. The van der Waals surface area contributed by atoms with Crippen LogP contribution in [0.15, 0.2) is 30.3 Å². The second-order valence-electron chi connectivity index (χ2n) is 5.36. The molecule has 1 saturated heterocycles. The molecule has 1 atom stereocenters. The molecule has 2 heterocycles. The lowest BCUT2D eigenvalue weighted by molar-refractivity contribution is 0.197. The lowest BCUT2D eigenvalue weighted by atomic mass is 10.00. The molecule has 112 valence electrons. The molecule has 1 aromatic carbocycles. The number of piperazine rings is 1. The van der Waals surface area contributed by atoms with Crippen LogP contribution in [-0.4, -0.2) is 31.1 Å². The van der Waals surface area contributed by atoms with Gasteiger partial charge in [0.1, 0.15) is 5.82 Å². The first-order valence-corrected chi connectivity index (χ1v) is 8.30. The highest BCUT2D eigenvalue weighted by Gasteiger charge is 2.27. The number of benzene rings is 1. The summed E-state index contributed by atoms with van der Waals surface area (Å²) in [7, 11) is 0. The van der Waals surface area contributed by atoms with Gasteiger partial charge in [-0.1, -0.05) is 29.3 Å². The number of hydrogen-bond donors (Lipinski definition) is 1. The van der Waals surface area contributed by atoms with Gasteiger partial charge >= 0.3 is 0 Å². The Morgan fingerprint density at radius 2 is 2.00 bits per heavy atom. The molecule has 21 heavy (non-hydrogen) atoms. The largest absolute Gasteiger partial charge is 0.314 e. The summed E-state index contributed by atoms with van der Waals surface area (Å²) in [4.78, 5) is 3.43. The van der Waals surface area contributed by atoms with E-state index >= 15 is 0 Å². The number of hydrogen-bond acceptors (Lipinski definition) is 3. The van der Waals surface area contributed by atoms with Crippen molar-refractivity contribution < 1.29 is 4.39 Å². The van der Waals surface area contributed by atoms with E-state index < -0.39 is 0 Å². The summed E-state index contributed by atoms with van der Waals surface area (Å²) in [6.07, 6.45) is 0. The van der Waals surface area contributed by atoms with E-state index in [1.165, 1.54) is 11.3 Å². The normalized spacial score (nSPS) is 17.9. The molecule has 1 N–H and O–H groups in total. The van der Waals surface area contributed by atoms with E-state index in [2.05, 4.69) is 10.2 Å². The van der Waals surface area contributed by atoms with Crippen LogP contribution >= 0.6 is 22.9 Å². The van der Waals surface area contributed by atoms with Crippen molar-refractivity contribution in [3.8, 4) is 0 Å². The molecule has 0 unspecified atom stereocenters. The van der Waals surface area contributed by atoms with Crippen LogP contribution in [0.3, 0.4) is 0 Å². The summed E-state index contributed by atoms with van der Waals surface area (Å²) in [5.74, 6) is -0.145. The van der Waals surface area contributed by atoms with Crippen molar-refractivity contribution in [3.63, 3.8) is 0 Å². The molecule has 0 aliphatic carbocycles. The number of halogens is 2. The van der Waals surface area contributed by atoms with Gasteiger partial charge in [0, 0.05) is 36.6 Å². The van der Waals surface area contributed by atoms with Gasteiger partial charge in [-0.15, -0.1) is 11.3 Å². The molecule has 0 amide bonds. The van der Waals surface area contributed by atoms with Crippen LogP contribution in [0.2, 0.25) is 4.34 Å². The lowest BCUT2D eigenvalue weighted by Crippen LogP contribution is -2.45. The summed E-state index contributed by atoms with van der Waals surface area (Å²) in [5.41, 5.74) is 1.82. The molecule has 3 rings (SSSR count). The molecule has 0 saturated carbocycles. The third-order valence-corrected chi connectivity index (χ3v) is 5.11. The van der Waals surface area contributed by atoms with Gasteiger partial charge in [0.25, 0.3) is 0 Å². The van der Waals surface area contributed by atoms with E-state index in [1.807, 2.05) is 31.2 Å². The molecule has 0 bridgehead atoms. The molecular formula is C16H18ClFN2S. The average molecular weight is 325 g/mol. The zero-order valence-corrected chi connectivity index (χ0v) is 13.5. The van der Waals surface area contributed by atoms with Crippen molar-refractivity contribution in [1.29, 1.82) is 0 Å². The van der Waals surface area contributed by atoms with Crippen molar-refractivity contribution in [2.24, 2.45) is 0 Å². The summed E-state index contributed by atoms with van der Waals surface area (Å²) in [6.45, 7) is 5.69. The van der Waals surface area contributed by atoms with Crippen LogP contribution in [0, 0.1) is 12.7 Å². The summed E-state index contributed by atoms with van der Waals surface area (Å²) < 4.78 is 15.1. The monoisotopic (exact) mass is 324 g/mol. The Kier molecular flexibility index (Phi) is 4.60. The first kappa shape index (κ1) is 15.0. The molecule has 1 fully saturated rings. The third kappa shape index (κ3) is 3.29. The fourth-order valence-corrected chi connectivity index (χ4v) is 4.03. The van der Waals surface area contributed by atoms with Gasteiger partial charge in [-0.25, -0.2) is 4.39 Å². The zero-order valence-electron chi connectivity index (χ0n) is 11.9. The topological polar surface area (TPSA) is 15.3 Å². The van der Waals surface area contributed by atoms with Crippen molar-refractivity contribution in [2.75, 3.05) is 26.2 Å². The first-order chi connectivity index (χ1) is 10.1. The molecule has 1 aromatic heterocycles. The van der Waals surface area contributed by atoms with Crippen LogP contribution in [0.25, 0.3) is 0 Å². The highest BCUT2D eigenvalue weighted by atomic mass is 35.5. The van der Waals surface area contributed by atoms with Gasteiger partial charge in [0.15, 0.2) is 0 Å². The molecule has 1 aliphatic heterocycles. The number of nitrogens with one attached hydrogen (secondary N) is 1. The molecule has 2 nitrogen and oxygen atoms in total. The van der Waals surface area contributed by atoms with E-state index in [-0.39, 0.29) is 11.9 Å². The Morgan fingerprint density at radius 3 is 2.67 bits per heavy atom. The average Bonchev–Trinajstić information content (AvgIpc) is 2.90. The maximum absolute atomic E-state index is 14.4. The zero-order chi connectivity index (χ0) is 14.8. The van der Waals surface area contributed by atoms with E-state index in [9.17, 15) is 4.39 Å². The third-order valence-electron chi connectivity index (χ3n) is 3.83. The molecule has 0 spiro atoms. The second-order valence-corrected chi connectivity index (χ2v) is 7.10. The van der Waals surface area contributed by atoms with Crippen molar-refractivity contribution in [3.05, 3.63) is 56.5 Å². The van der Waals surface area contributed by atoms with Crippen LogP contribution in [0.4, 0.5) is 4.39 Å². The molecule has 1 aliphatic rings. The van der Waals surface area contributed by atoms with E-state index in [0.29, 0.717) is 0 Å². The summed E-state index contributed by atoms with van der Waals surface area (Å²) >= 11 is 7.63. The van der Waals surface area contributed by atoms with Gasteiger partial charge in [-0.05, 0) is 25.1 Å². The first-order valence-electron chi connectivity index (χ1n) is 7.11. The Hall–Kier alpha value is -0.940. The van der Waals surface area contributed by atoms with Crippen LogP contribution in [0.1, 0.15) is 22.0 Å². The standard InChI is InChI=1S/C16H18ClFN2S/c1-11-2-3-13(18)12(10-11)16(14-4-5-15(17)21-14)20-8-6-19-7-9-20/h2-5,10,16,19H,6-9H2,1H3/t16-/m1/s1. The molecule has 0 radical (unpaired) electrons. The van der Waals surface area contributed by atoms with Crippen molar-refractivity contribution in [1.82, 2.24) is 10.2 Å². The van der Waals surface area contributed by atoms with Crippen LogP contribution in [0.5, 0.6) is 0 Å². The fourth-order valence-electron chi connectivity index (χ4n) is 2.82. The summed E-state index contributed by atoms with van der Waals surface area (Å²) in [6, 6.07) is 9.19. The van der Waals surface area contributed by atoms with Crippen molar-refractivity contribution in [2.45, 2.75) is 13.0 Å². The number of rotatable bonds is 3. The highest BCUT2D eigenvalue weighted by Crippen LogP contribution is 2.36. The predicted molar refractivity (Wildman–Crippen MR) is 86.8 cm³/mol. The molecular weight excluding hydrogens is 307 g/mol. The van der Waals surface area contributed by atoms with Gasteiger partial charge in [-0.2, -0.15) is 0 Å². The molecule has 5 heteroatoms. The number of aryl methyl sites for hydroxylation is 1. The van der Waals surface area contributed by atoms with Gasteiger partial charge < -0.3 is 5.32 Å². The lowest BCUT2D eigenvalue weighted by Gasteiger charge is -2.35. The minimum atomic E-state index is -0.145. The Labute approximate surface area is 133 Å².